The lowest BCUT2D eigenvalue weighted by atomic mass is 10.0. The number of aryl methyl sites for hydroxylation is 1. The van der Waals surface area contributed by atoms with Crippen LogP contribution in [-0.2, 0) is 16.0 Å². The molecular formula is C20H20N2O2. The van der Waals surface area contributed by atoms with Crippen LogP contribution in [-0.4, -0.2) is 18.4 Å². The maximum Gasteiger partial charge on any atom is 0.230 e. The highest BCUT2D eigenvalue weighted by Gasteiger charge is 2.50. The fourth-order valence-corrected chi connectivity index (χ4v) is 3.48. The number of rotatable bonds is 3. The van der Waals surface area contributed by atoms with Gasteiger partial charge in [0, 0.05) is 17.9 Å². The van der Waals surface area contributed by atoms with Crippen molar-refractivity contribution in [1.82, 2.24) is 0 Å². The highest BCUT2D eigenvalue weighted by atomic mass is 16.2. The Bertz CT molecular complexity index is 772. The molecule has 1 fully saturated rings. The number of benzene rings is 2. The van der Waals surface area contributed by atoms with E-state index in [-0.39, 0.29) is 23.7 Å². The van der Waals surface area contributed by atoms with E-state index >= 15 is 0 Å². The Morgan fingerprint density at radius 2 is 1.71 bits per heavy atom. The second kappa shape index (κ2) is 6.11. The van der Waals surface area contributed by atoms with Crippen molar-refractivity contribution in [3.63, 3.8) is 0 Å². The van der Waals surface area contributed by atoms with Crippen molar-refractivity contribution in [3.8, 4) is 0 Å². The lowest BCUT2D eigenvalue weighted by molar-refractivity contribution is -0.123. The van der Waals surface area contributed by atoms with Crippen molar-refractivity contribution in [2.45, 2.75) is 19.3 Å². The average Bonchev–Trinajstić information content (AvgIpc) is 3.42. The monoisotopic (exact) mass is 320 g/mol. The highest BCUT2D eigenvalue weighted by Crippen LogP contribution is 2.42. The van der Waals surface area contributed by atoms with E-state index in [1.54, 1.807) is 0 Å². The number of hydrogen-bond acceptors (Lipinski definition) is 2. The van der Waals surface area contributed by atoms with Crippen molar-refractivity contribution in [1.29, 1.82) is 0 Å². The standard InChI is InChI=1S/C20H20N2O2/c23-19(21-15-9-2-1-3-10-15)16-13-17(16)20(24)22-12-6-8-14-7-4-5-11-18(14)22/h1-5,7,9-11,16-17H,6,8,12-13H2,(H,21,23). The van der Waals surface area contributed by atoms with Crippen LogP contribution in [0, 0.1) is 11.8 Å². The minimum absolute atomic E-state index is 0.0511. The smallest absolute Gasteiger partial charge is 0.230 e. The number of anilines is 2. The molecule has 4 rings (SSSR count). The van der Waals surface area contributed by atoms with Gasteiger partial charge in [0.15, 0.2) is 0 Å². The lowest BCUT2D eigenvalue weighted by Crippen LogP contribution is -2.37. The number of nitrogens with one attached hydrogen (secondary N) is 1. The van der Waals surface area contributed by atoms with Crippen LogP contribution in [0.4, 0.5) is 11.4 Å². The molecule has 0 bridgehead atoms. The molecule has 0 aromatic heterocycles. The molecule has 1 heterocycles. The largest absolute Gasteiger partial charge is 0.326 e. The molecule has 1 aliphatic carbocycles. The summed E-state index contributed by atoms with van der Waals surface area (Å²) >= 11 is 0. The van der Waals surface area contributed by atoms with Gasteiger partial charge in [-0.1, -0.05) is 36.4 Å². The first-order valence-corrected chi connectivity index (χ1v) is 8.49. The second-order valence-corrected chi connectivity index (χ2v) is 6.53. The summed E-state index contributed by atoms with van der Waals surface area (Å²) in [6.07, 6.45) is 2.65. The second-order valence-electron chi connectivity index (χ2n) is 6.53. The molecule has 1 saturated carbocycles. The van der Waals surface area contributed by atoms with Crippen LogP contribution in [0.5, 0.6) is 0 Å². The van der Waals surface area contributed by atoms with Gasteiger partial charge in [-0.05, 0) is 43.0 Å². The summed E-state index contributed by atoms with van der Waals surface area (Å²) in [7, 11) is 0. The minimum Gasteiger partial charge on any atom is -0.326 e. The molecule has 2 aliphatic rings. The zero-order chi connectivity index (χ0) is 16.5. The van der Waals surface area contributed by atoms with Crippen LogP contribution in [0.2, 0.25) is 0 Å². The molecule has 0 saturated heterocycles. The minimum atomic E-state index is -0.202. The molecule has 4 nitrogen and oxygen atoms in total. The van der Waals surface area contributed by atoms with E-state index < -0.39 is 0 Å². The summed E-state index contributed by atoms with van der Waals surface area (Å²) in [4.78, 5) is 27.0. The molecule has 4 heteroatoms. The van der Waals surface area contributed by atoms with Gasteiger partial charge in [0.1, 0.15) is 0 Å². The Morgan fingerprint density at radius 3 is 2.54 bits per heavy atom. The molecule has 24 heavy (non-hydrogen) atoms. The third-order valence-corrected chi connectivity index (χ3v) is 4.86. The molecule has 2 atom stereocenters. The fraction of sp³-hybridized carbons (Fsp3) is 0.300. The molecule has 0 radical (unpaired) electrons. The predicted octanol–water partition coefficient (Wildman–Crippen LogP) is 3.24. The number of amides is 2. The van der Waals surface area contributed by atoms with Crippen LogP contribution < -0.4 is 10.2 Å². The maximum atomic E-state index is 12.8. The van der Waals surface area contributed by atoms with Crippen LogP contribution >= 0.6 is 0 Å². The SMILES string of the molecule is O=C(Nc1ccccc1)C1CC1C(=O)N1CCCc2ccccc21. The maximum absolute atomic E-state index is 12.8. The fourth-order valence-electron chi connectivity index (χ4n) is 3.48. The molecule has 2 aromatic rings. The van der Waals surface area contributed by atoms with Gasteiger partial charge in [0.05, 0.1) is 11.8 Å². The van der Waals surface area contributed by atoms with Gasteiger partial charge < -0.3 is 10.2 Å². The van der Waals surface area contributed by atoms with Crippen molar-refractivity contribution >= 4 is 23.2 Å². The normalized spacial score (nSPS) is 21.8. The van der Waals surface area contributed by atoms with E-state index in [4.69, 9.17) is 0 Å². The van der Waals surface area contributed by atoms with Crippen molar-refractivity contribution < 1.29 is 9.59 Å². The van der Waals surface area contributed by atoms with E-state index in [1.165, 1.54) is 5.56 Å². The first-order valence-electron chi connectivity index (χ1n) is 8.49. The van der Waals surface area contributed by atoms with Gasteiger partial charge in [-0.2, -0.15) is 0 Å². The molecule has 2 aromatic carbocycles. The number of carbonyl (C=O) groups excluding carboxylic acids is 2. The summed E-state index contributed by atoms with van der Waals surface area (Å²) in [5, 5.41) is 2.90. The van der Waals surface area contributed by atoms with E-state index in [2.05, 4.69) is 11.4 Å². The third-order valence-electron chi connectivity index (χ3n) is 4.86. The summed E-state index contributed by atoms with van der Waals surface area (Å²) in [5.74, 6) is -0.341. The zero-order valence-corrected chi connectivity index (χ0v) is 13.4. The van der Waals surface area contributed by atoms with Crippen molar-refractivity contribution in [3.05, 3.63) is 60.2 Å². The Kier molecular flexibility index (Phi) is 3.81. The highest BCUT2D eigenvalue weighted by molar-refractivity contribution is 6.04. The van der Waals surface area contributed by atoms with Crippen LogP contribution in [0.1, 0.15) is 18.4 Å². The van der Waals surface area contributed by atoms with E-state index in [0.29, 0.717) is 6.42 Å². The molecule has 2 amide bonds. The van der Waals surface area contributed by atoms with Crippen LogP contribution in [0.15, 0.2) is 54.6 Å². The molecule has 122 valence electrons. The Labute approximate surface area is 141 Å². The van der Waals surface area contributed by atoms with Gasteiger partial charge in [0.25, 0.3) is 0 Å². The Morgan fingerprint density at radius 1 is 0.958 bits per heavy atom. The quantitative estimate of drug-likeness (QED) is 0.944. The van der Waals surface area contributed by atoms with Crippen molar-refractivity contribution in [2.24, 2.45) is 11.8 Å². The van der Waals surface area contributed by atoms with Gasteiger partial charge in [-0.25, -0.2) is 0 Å². The number of nitrogens with zero attached hydrogens (tertiary/aromatic N) is 1. The van der Waals surface area contributed by atoms with Crippen molar-refractivity contribution in [2.75, 3.05) is 16.8 Å². The first-order chi connectivity index (χ1) is 11.7. The number of carbonyl (C=O) groups is 2. The van der Waals surface area contributed by atoms with E-state index in [1.807, 2.05) is 53.4 Å². The summed E-state index contributed by atoms with van der Waals surface area (Å²) in [6.45, 7) is 0.749. The molecular weight excluding hydrogens is 300 g/mol. The zero-order valence-electron chi connectivity index (χ0n) is 13.4. The summed E-state index contributed by atoms with van der Waals surface area (Å²) in [6, 6.07) is 17.5. The predicted molar refractivity (Wildman–Crippen MR) is 93.8 cm³/mol. The summed E-state index contributed by atoms with van der Waals surface area (Å²) in [5.41, 5.74) is 3.02. The van der Waals surface area contributed by atoms with Crippen LogP contribution in [0.3, 0.4) is 0 Å². The number of hydrogen-bond donors (Lipinski definition) is 1. The van der Waals surface area contributed by atoms with Gasteiger partial charge in [-0.15, -0.1) is 0 Å². The molecule has 2 unspecified atom stereocenters. The Hall–Kier alpha value is -2.62. The Balaban J connectivity index is 1.43. The lowest BCUT2D eigenvalue weighted by Gasteiger charge is -2.29. The van der Waals surface area contributed by atoms with E-state index in [9.17, 15) is 9.59 Å². The molecule has 1 aliphatic heterocycles. The van der Waals surface area contributed by atoms with Gasteiger partial charge in [0.2, 0.25) is 11.8 Å². The number of para-hydroxylation sites is 2. The van der Waals surface area contributed by atoms with Gasteiger partial charge in [-0.3, -0.25) is 9.59 Å². The molecule has 0 spiro atoms. The average molecular weight is 320 g/mol. The van der Waals surface area contributed by atoms with E-state index in [0.717, 1.165) is 30.8 Å². The topological polar surface area (TPSA) is 49.4 Å². The van der Waals surface area contributed by atoms with Crippen LogP contribution in [0.25, 0.3) is 0 Å². The first kappa shape index (κ1) is 14.9. The third kappa shape index (κ3) is 2.80. The summed E-state index contributed by atoms with van der Waals surface area (Å²) < 4.78 is 0. The van der Waals surface area contributed by atoms with Gasteiger partial charge >= 0.3 is 0 Å². The molecule has 1 N–H and O–H groups in total. The number of fused-ring (bicyclic) bond motifs is 1.